The minimum absolute atomic E-state index is 0.00693. The first-order valence-electron chi connectivity index (χ1n) is 20.8. The van der Waals surface area contributed by atoms with E-state index in [2.05, 4.69) is 141 Å². The topological polar surface area (TPSA) is 48.6 Å². The number of nitrogens with zero attached hydrogens (tertiary/aromatic N) is 3. The highest BCUT2D eigenvalue weighted by Gasteiger charge is 2.41. The molecule has 4 aromatic carbocycles. The lowest BCUT2D eigenvalue weighted by molar-refractivity contribution is 0.170. The number of aryl methyl sites for hydroxylation is 5. The van der Waals surface area contributed by atoms with E-state index in [-0.39, 0.29) is 16.4 Å². The second-order valence-electron chi connectivity index (χ2n) is 19.2. The fourth-order valence-corrected chi connectivity index (χ4v) is 10.2. The van der Waals surface area contributed by atoms with Gasteiger partial charge in [0.15, 0.2) is 0 Å². The van der Waals surface area contributed by atoms with Crippen molar-refractivity contribution in [3.8, 4) is 28.3 Å². The van der Waals surface area contributed by atoms with E-state index in [4.69, 9.17) is 19.5 Å². The summed E-state index contributed by atoms with van der Waals surface area (Å²) in [5.41, 5.74) is 16.2. The zero-order valence-corrected chi connectivity index (χ0v) is 35.3. The second kappa shape index (κ2) is 12.8. The molecular formula is C51H57N3O2. The Labute approximate surface area is 333 Å². The Morgan fingerprint density at radius 3 is 2.16 bits per heavy atom. The van der Waals surface area contributed by atoms with Gasteiger partial charge >= 0.3 is 0 Å². The number of aliphatic imine (C=N–C) groups is 1. The van der Waals surface area contributed by atoms with Crippen LogP contribution in [0.5, 0.6) is 11.5 Å². The molecule has 1 saturated carbocycles. The number of rotatable bonds is 5. The van der Waals surface area contributed by atoms with Gasteiger partial charge in [-0.3, -0.25) is 4.57 Å². The minimum atomic E-state index is -0.242. The monoisotopic (exact) mass is 743 g/mol. The zero-order chi connectivity index (χ0) is 39.5. The molecule has 6 aromatic rings. The molecule has 0 spiro atoms. The first-order valence-corrected chi connectivity index (χ1v) is 20.8. The van der Waals surface area contributed by atoms with E-state index in [1.807, 2.05) is 6.20 Å². The molecule has 0 bridgehead atoms. The molecule has 288 valence electrons. The van der Waals surface area contributed by atoms with Crippen LogP contribution in [-0.4, -0.2) is 27.6 Å². The molecule has 4 heterocycles. The zero-order valence-electron chi connectivity index (χ0n) is 35.3. The predicted octanol–water partition coefficient (Wildman–Crippen LogP) is 13.2. The van der Waals surface area contributed by atoms with E-state index in [0.29, 0.717) is 12.5 Å². The highest BCUT2D eigenvalue weighted by molar-refractivity contribution is 6.11. The smallest absolute Gasteiger partial charge is 0.216 e. The summed E-state index contributed by atoms with van der Waals surface area (Å²) in [6.45, 7) is 25.5. The van der Waals surface area contributed by atoms with Gasteiger partial charge in [-0.2, -0.15) is 0 Å². The Bertz CT molecular complexity index is 2600. The summed E-state index contributed by atoms with van der Waals surface area (Å²) in [6.07, 6.45) is 8.34. The van der Waals surface area contributed by atoms with Crippen molar-refractivity contribution < 1.29 is 9.47 Å². The molecule has 1 aliphatic carbocycles. The third-order valence-electron chi connectivity index (χ3n) is 13.3. The van der Waals surface area contributed by atoms with Gasteiger partial charge in [-0.05, 0) is 152 Å². The maximum absolute atomic E-state index is 7.09. The van der Waals surface area contributed by atoms with Gasteiger partial charge in [-0.15, -0.1) is 0 Å². The van der Waals surface area contributed by atoms with E-state index in [1.54, 1.807) is 0 Å². The van der Waals surface area contributed by atoms with E-state index in [9.17, 15) is 0 Å². The van der Waals surface area contributed by atoms with Gasteiger partial charge in [0.1, 0.15) is 23.8 Å². The largest absolute Gasteiger partial charge is 0.475 e. The lowest BCUT2D eigenvalue weighted by Crippen LogP contribution is -2.35. The molecule has 5 heteroatoms. The standard InChI is InChI=1S/C51H57N3O2/c1-29-17-32(4)45(33(5)18-29)34-21-35(48-53-51(11,28-55-48)36-15-13-12-14-16-36)23-38(22-34)56-44-26-43-41(20-31(44)3)50(9,10)42-25-37(49(6,7)8)24-39-40-19-30(2)27-52-47(40)54(43)46(39)42/h17-27,36H,12-16,28H2,1-11H3/t51-/m0/s1. The van der Waals surface area contributed by atoms with Crippen molar-refractivity contribution in [2.45, 2.75) is 125 Å². The van der Waals surface area contributed by atoms with Gasteiger partial charge in [-0.25, -0.2) is 9.98 Å². The number of benzene rings is 4. The fraction of sp³-hybridized carbons (Fsp3) is 0.412. The van der Waals surface area contributed by atoms with Gasteiger partial charge in [0.25, 0.3) is 0 Å². The van der Waals surface area contributed by atoms with Crippen LogP contribution in [0.25, 0.3) is 38.8 Å². The van der Waals surface area contributed by atoms with Crippen molar-refractivity contribution in [1.82, 2.24) is 9.55 Å². The van der Waals surface area contributed by atoms with Crippen molar-refractivity contribution >= 4 is 27.8 Å². The Balaban J connectivity index is 1.21. The molecule has 1 fully saturated rings. The normalized spacial score (nSPS) is 19.3. The molecule has 2 aliphatic heterocycles. The van der Waals surface area contributed by atoms with Crippen molar-refractivity contribution in [3.05, 3.63) is 117 Å². The van der Waals surface area contributed by atoms with E-state index in [0.717, 1.165) is 51.0 Å². The molecule has 9 rings (SSSR count). The predicted molar refractivity (Wildman–Crippen MR) is 233 cm³/mol. The maximum Gasteiger partial charge on any atom is 0.216 e. The molecule has 0 unspecified atom stereocenters. The SMILES string of the molecule is Cc1cc(C)c(-c2cc(Oc3cc4c(cc3C)C(C)(C)c3cc(C(C)(C)C)cc5c6cc(C)cnc6n-4c35)cc(C3=N[C@](C)(C4CCCCC4)CO3)c2)c(C)c1. The molecule has 0 radical (unpaired) electrons. The lowest BCUT2D eigenvalue weighted by atomic mass is 9.72. The second-order valence-corrected chi connectivity index (χ2v) is 19.2. The van der Waals surface area contributed by atoms with Crippen LogP contribution in [0, 0.1) is 40.5 Å². The molecule has 2 aromatic heterocycles. The van der Waals surface area contributed by atoms with Crippen molar-refractivity contribution in [3.63, 3.8) is 0 Å². The Hall–Kier alpha value is -4.90. The van der Waals surface area contributed by atoms with Gasteiger partial charge in [0.05, 0.1) is 16.7 Å². The summed E-state index contributed by atoms with van der Waals surface area (Å²) in [4.78, 5) is 10.5. The average molecular weight is 744 g/mol. The van der Waals surface area contributed by atoms with Crippen LogP contribution in [0.15, 0.2) is 71.9 Å². The summed E-state index contributed by atoms with van der Waals surface area (Å²) in [6, 6.07) is 22.9. The fourth-order valence-electron chi connectivity index (χ4n) is 10.2. The number of ether oxygens (including phenoxy) is 2. The Kier molecular flexibility index (Phi) is 8.40. The van der Waals surface area contributed by atoms with Gasteiger partial charge < -0.3 is 9.47 Å². The van der Waals surface area contributed by atoms with Crippen LogP contribution in [0.3, 0.4) is 0 Å². The van der Waals surface area contributed by atoms with Gasteiger partial charge in [0, 0.05) is 34.0 Å². The van der Waals surface area contributed by atoms with Crippen LogP contribution >= 0.6 is 0 Å². The molecule has 3 aliphatic rings. The highest BCUT2D eigenvalue weighted by Crippen LogP contribution is 2.50. The summed E-state index contributed by atoms with van der Waals surface area (Å²) in [7, 11) is 0. The summed E-state index contributed by atoms with van der Waals surface area (Å²) in [5, 5.41) is 2.46. The number of hydrogen-bond donors (Lipinski definition) is 0. The first-order chi connectivity index (χ1) is 26.5. The molecule has 56 heavy (non-hydrogen) atoms. The maximum atomic E-state index is 7.09. The minimum Gasteiger partial charge on any atom is -0.475 e. The molecule has 5 nitrogen and oxygen atoms in total. The molecule has 0 amide bonds. The van der Waals surface area contributed by atoms with Crippen LogP contribution < -0.4 is 4.74 Å². The van der Waals surface area contributed by atoms with Crippen LogP contribution in [-0.2, 0) is 15.6 Å². The highest BCUT2D eigenvalue weighted by atomic mass is 16.5. The van der Waals surface area contributed by atoms with Crippen LogP contribution in [0.4, 0.5) is 0 Å². The number of fused-ring (bicyclic) bond motifs is 5. The van der Waals surface area contributed by atoms with Crippen molar-refractivity contribution in [2.75, 3.05) is 6.61 Å². The van der Waals surface area contributed by atoms with Gasteiger partial charge in [0.2, 0.25) is 5.90 Å². The molecule has 0 saturated heterocycles. The third kappa shape index (κ3) is 5.87. The summed E-state index contributed by atoms with van der Waals surface area (Å²) >= 11 is 0. The lowest BCUT2D eigenvalue weighted by Gasteiger charge is -2.36. The Morgan fingerprint density at radius 1 is 0.732 bits per heavy atom. The summed E-state index contributed by atoms with van der Waals surface area (Å²) < 4.78 is 16.0. The quantitative estimate of drug-likeness (QED) is 0.177. The number of pyridine rings is 1. The van der Waals surface area contributed by atoms with Gasteiger partial charge in [-0.1, -0.05) is 77.6 Å². The van der Waals surface area contributed by atoms with Crippen molar-refractivity contribution in [2.24, 2.45) is 10.9 Å². The molecule has 1 atom stereocenters. The first kappa shape index (κ1) is 36.7. The van der Waals surface area contributed by atoms with Crippen LogP contribution in [0.1, 0.15) is 124 Å². The van der Waals surface area contributed by atoms with E-state index >= 15 is 0 Å². The summed E-state index contributed by atoms with van der Waals surface area (Å²) in [5.74, 6) is 2.89. The van der Waals surface area contributed by atoms with E-state index in [1.165, 1.54) is 87.3 Å². The molecular weight excluding hydrogens is 687 g/mol. The molecule has 0 N–H and O–H groups in total. The Morgan fingerprint density at radius 2 is 1.45 bits per heavy atom. The third-order valence-corrected chi connectivity index (χ3v) is 13.3. The van der Waals surface area contributed by atoms with E-state index < -0.39 is 0 Å². The average Bonchev–Trinajstić information content (AvgIpc) is 3.70. The van der Waals surface area contributed by atoms with Crippen LogP contribution in [0.2, 0.25) is 0 Å². The number of aromatic nitrogens is 2. The number of hydrogen-bond acceptors (Lipinski definition) is 4. The van der Waals surface area contributed by atoms with Crippen molar-refractivity contribution in [1.29, 1.82) is 0 Å².